The van der Waals surface area contributed by atoms with Crippen molar-refractivity contribution in [1.29, 1.82) is 0 Å². The lowest BCUT2D eigenvalue weighted by Gasteiger charge is -2.17. The molecule has 0 radical (unpaired) electrons. The topological polar surface area (TPSA) is 57.0 Å². The second-order valence-electron chi connectivity index (χ2n) is 5.45. The van der Waals surface area contributed by atoms with Crippen LogP contribution >= 0.6 is 0 Å². The molecule has 2 saturated heterocycles. The van der Waals surface area contributed by atoms with Gasteiger partial charge in [-0.2, -0.15) is 0 Å². The van der Waals surface area contributed by atoms with Crippen molar-refractivity contribution in [3.8, 4) is 5.69 Å². The summed E-state index contributed by atoms with van der Waals surface area (Å²) in [5.74, 6) is 0.0702. The first kappa shape index (κ1) is 11.8. The van der Waals surface area contributed by atoms with E-state index in [1.54, 1.807) is 10.9 Å². The summed E-state index contributed by atoms with van der Waals surface area (Å²) < 4.78 is 7.40. The van der Waals surface area contributed by atoms with E-state index in [1.807, 2.05) is 30.3 Å². The Balaban J connectivity index is 1.67. The Labute approximate surface area is 116 Å². The molecule has 4 rings (SSSR count). The molecule has 3 heterocycles. The molecular weight excluding hydrogens is 254 g/mol. The lowest BCUT2D eigenvalue weighted by molar-refractivity contribution is 0.0737. The van der Waals surface area contributed by atoms with Gasteiger partial charge >= 0.3 is 0 Å². The van der Waals surface area contributed by atoms with Gasteiger partial charge in [0.2, 0.25) is 0 Å². The molecule has 0 aliphatic carbocycles. The molecule has 2 bridgehead atoms. The van der Waals surface area contributed by atoms with E-state index in [2.05, 4.69) is 10.3 Å². The minimum absolute atomic E-state index is 0.0327. The second-order valence-corrected chi connectivity index (χ2v) is 5.45. The molecule has 1 aromatic heterocycles. The van der Waals surface area contributed by atoms with Crippen molar-refractivity contribution in [2.45, 2.75) is 31.5 Å². The van der Waals surface area contributed by atoms with Crippen molar-refractivity contribution in [3.05, 3.63) is 42.2 Å². The number of hydrogen-bond acceptors (Lipinski definition) is 4. The number of ether oxygens (including phenoxy) is 1. The van der Waals surface area contributed by atoms with Gasteiger partial charge in [0.15, 0.2) is 5.78 Å². The van der Waals surface area contributed by atoms with Crippen LogP contribution in [-0.4, -0.2) is 33.0 Å². The number of carbonyl (C=O) groups excluding carboxylic acids is 1. The molecule has 0 spiro atoms. The molecule has 5 nitrogen and oxygen atoms in total. The third kappa shape index (κ3) is 1.78. The molecular formula is C15H15N3O2. The molecule has 5 heteroatoms. The molecule has 3 atom stereocenters. The number of fused-ring (bicyclic) bond motifs is 2. The van der Waals surface area contributed by atoms with Gasteiger partial charge in [-0.1, -0.05) is 23.4 Å². The van der Waals surface area contributed by atoms with Gasteiger partial charge in [-0.3, -0.25) is 4.79 Å². The van der Waals surface area contributed by atoms with Crippen molar-refractivity contribution in [1.82, 2.24) is 15.0 Å². The zero-order valence-corrected chi connectivity index (χ0v) is 11.0. The number of hydrogen-bond donors (Lipinski definition) is 0. The minimum atomic E-state index is -0.0327. The van der Waals surface area contributed by atoms with E-state index in [1.165, 1.54) is 0 Å². The third-order valence-corrected chi connectivity index (χ3v) is 4.25. The highest BCUT2D eigenvalue weighted by Gasteiger charge is 2.45. The third-order valence-electron chi connectivity index (χ3n) is 4.25. The summed E-state index contributed by atoms with van der Waals surface area (Å²) in [6, 6.07) is 9.62. The quantitative estimate of drug-likeness (QED) is 0.800. The number of benzene rings is 1. The fraction of sp³-hybridized carbons (Fsp3) is 0.400. The predicted molar refractivity (Wildman–Crippen MR) is 71.7 cm³/mol. The van der Waals surface area contributed by atoms with Crippen molar-refractivity contribution >= 4 is 5.78 Å². The Morgan fingerprint density at radius 2 is 2.10 bits per heavy atom. The summed E-state index contributed by atoms with van der Waals surface area (Å²) in [6.07, 6.45) is 4.84. The number of carbonyl (C=O) groups is 1. The fourth-order valence-corrected chi connectivity index (χ4v) is 3.27. The first-order valence-electron chi connectivity index (χ1n) is 6.99. The minimum Gasteiger partial charge on any atom is -0.374 e. The maximum atomic E-state index is 12.7. The van der Waals surface area contributed by atoms with Crippen LogP contribution in [0.1, 0.15) is 29.8 Å². The van der Waals surface area contributed by atoms with Gasteiger partial charge in [0.05, 0.1) is 30.0 Å². The van der Waals surface area contributed by atoms with Gasteiger partial charge in [0.25, 0.3) is 0 Å². The monoisotopic (exact) mass is 269 g/mol. The molecule has 2 aliphatic rings. The summed E-state index contributed by atoms with van der Waals surface area (Å²) in [5.41, 5.74) is 1.41. The Hall–Kier alpha value is -2.01. The van der Waals surface area contributed by atoms with E-state index < -0.39 is 0 Å². The van der Waals surface area contributed by atoms with Gasteiger partial charge in [0, 0.05) is 0 Å². The van der Waals surface area contributed by atoms with Crippen LogP contribution in [0.15, 0.2) is 36.5 Å². The number of ketones is 1. The van der Waals surface area contributed by atoms with Gasteiger partial charge in [-0.05, 0) is 31.4 Å². The molecule has 0 saturated carbocycles. The summed E-state index contributed by atoms with van der Waals surface area (Å²) in [4.78, 5) is 12.7. The molecule has 2 fully saturated rings. The summed E-state index contributed by atoms with van der Waals surface area (Å²) in [5, 5.41) is 7.95. The van der Waals surface area contributed by atoms with Crippen LogP contribution in [-0.2, 0) is 4.74 Å². The fourth-order valence-electron chi connectivity index (χ4n) is 3.27. The van der Waals surface area contributed by atoms with E-state index in [9.17, 15) is 4.79 Å². The number of nitrogens with zero attached hydrogens (tertiary/aromatic N) is 3. The van der Waals surface area contributed by atoms with Gasteiger partial charge in [-0.15, -0.1) is 5.10 Å². The Morgan fingerprint density at radius 1 is 1.25 bits per heavy atom. The number of Topliss-reactive ketones (excluding diaryl/α,β-unsaturated/α-hetero) is 1. The Bertz CT molecular complexity index is 638. The standard InChI is InChI=1S/C15H15N3O2/c19-15(12-8-11-6-7-14(12)20-11)13-9-16-17-18(13)10-4-2-1-3-5-10/h1-5,9,11-12,14H,6-8H2. The van der Waals surface area contributed by atoms with Crippen molar-refractivity contribution in [3.63, 3.8) is 0 Å². The number of para-hydroxylation sites is 1. The van der Waals surface area contributed by atoms with Crippen LogP contribution < -0.4 is 0 Å². The van der Waals surface area contributed by atoms with E-state index >= 15 is 0 Å². The average molecular weight is 269 g/mol. The lowest BCUT2D eigenvalue weighted by atomic mass is 9.85. The molecule has 1 aromatic carbocycles. The van der Waals surface area contributed by atoms with E-state index in [4.69, 9.17) is 4.74 Å². The molecule has 2 aromatic rings. The summed E-state index contributed by atoms with van der Waals surface area (Å²) in [6.45, 7) is 0. The molecule has 20 heavy (non-hydrogen) atoms. The highest BCUT2D eigenvalue weighted by Crippen LogP contribution is 2.40. The molecule has 102 valence electrons. The van der Waals surface area contributed by atoms with Crippen LogP contribution in [0.4, 0.5) is 0 Å². The number of rotatable bonds is 3. The molecule has 0 amide bonds. The van der Waals surface area contributed by atoms with Crippen LogP contribution in [0.25, 0.3) is 5.69 Å². The van der Waals surface area contributed by atoms with Crippen molar-refractivity contribution < 1.29 is 9.53 Å². The lowest BCUT2D eigenvalue weighted by Crippen LogP contribution is -2.27. The average Bonchev–Trinajstić information content (AvgIpc) is 3.23. The van der Waals surface area contributed by atoms with Gasteiger partial charge in [-0.25, -0.2) is 4.68 Å². The molecule has 3 unspecified atom stereocenters. The van der Waals surface area contributed by atoms with Crippen molar-refractivity contribution in [2.75, 3.05) is 0 Å². The van der Waals surface area contributed by atoms with Crippen LogP contribution in [0.5, 0.6) is 0 Å². The normalized spacial score (nSPS) is 27.9. The highest BCUT2D eigenvalue weighted by molar-refractivity contribution is 5.97. The number of aromatic nitrogens is 3. The van der Waals surface area contributed by atoms with E-state index in [0.29, 0.717) is 5.69 Å². The zero-order valence-electron chi connectivity index (χ0n) is 11.0. The van der Waals surface area contributed by atoms with Gasteiger partial charge in [0.1, 0.15) is 5.69 Å². The highest BCUT2D eigenvalue weighted by atomic mass is 16.5. The van der Waals surface area contributed by atoms with Crippen LogP contribution in [0.3, 0.4) is 0 Å². The maximum Gasteiger partial charge on any atom is 0.188 e. The first-order valence-corrected chi connectivity index (χ1v) is 6.99. The van der Waals surface area contributed by atoms with Crippen LogP contribution in [0, 0.1) is 5.92 Å². The summed E-state index contributed by atoms with van der Waals surface area (Å²) in [7, 11) is 0. The first-order chi connectivity index (χ1) is 9.83. The van der Waals surface area contributed by atoms with Crippen molar-refractivity contribution in [2.24, 2.45) is 5.92 Å². The largest absolute Gasteiger partial charge is 0.374 e. The van der Waals surface area contributed by atoms with E-state index in [0.717, 1.165) is 24.9 Å². The molecule has 2 aliphatic heterocycles. The maximum absolute atomic E-state index is 12.7. The van der Waals surface area contributed by atoms with Crippen LogP contribution in [0.2, 0.25) is 0 Å². The Kier molecular flexibility index (Phi) is 2.67. The second kappa shape index (κ2) is 4.52. The smallest absolute Gasteiger partial charge is 0.188 e. The van der Waals surface area contributed by atoms with E-state index in [-0.39, 0.29) is 23.9 Å². The Morgan fingerprint density at radius 3 is 2.80 bits per heavy atom. The summed E-state index contributed by atoms with van der Waals surface area (Å²) >= 11 is 0. The SMILES string of the molecule is O=C(c1cnnn1-c1ccccc1)C1CC2CCC1O2. The van der Waals surface area contributed by atoms with Gasteiger partial charge < -0.3 is 4.74 Å². The zero-order chi connectivity index (χ0) is 13.5. The predicted octanol–water partition coefficient (Wildman–Crippen LogP) is 2.02. The molecule has 0 N–H and O–H groups in total.